The first kappa shape index (κ1) is 17.2. The summed E-state index contributed by atoms with van der Waals surface area (Å²) in [6, 6.07) is 25.5. The number of hydrogen-bond donors (Lipinski definition) is 0. The Hall–Kier alpha value is -1.82. The van der Waals surface area contributed by atoms with Crippen molar-refractivity contribution in [2.45, 2.75) is 46.0 Å². The molecule has 0 aliphatic carbocycles. The summed E-state index contributed by atoms with van der Waals surface area (Å²) in [5.41, 5.74) is 2.79. The Kier molecular flexibility index (Phi) is 6.94. The fraction of sp³-hybridized carbons (Fsp3) is 0.333. The Balaban J connectivity index is 3.39. The lowest BCUT2D eigenvalue weighted by Crippen LogP contribution is -2.09. The minimum atomic E-state index is 0.147. The highest BCUT2D eigenvalue weighted by Crippen LogP contribution is 2.19. The van der Waals surface area contributed by atoms with Crippen molar-refractivity contribution >= 4 is 0 Å². The van der Waals surface area contributed by atoms with E-state index >= 15 is 0 Å². The van der Waals surface area contributed by atoms with Crippen molar-refractivity contribution in [2.75, 3.05) is 0 Å². The third-order valence-corrected chi connectivity index (χ3v) is 3.33. The lowest BCUT2D eigenvalue weighted by Gasteiger charge is -2.17. The van der Waals surface area contributed by atoms with Crippen LogP contribution in [-0.2, 0) is 5.41 Å². The molecule has 0 aromatic heterocycles. The molecule has 21 heavy (non-hydrogen) atoms. The van der Waals surface area contributed by atoms with E-state index in [1.807, 2.05) is 0 Å². The van der Waals surface area contributed by atoms with Crippen LogP contribution < -0.4 is 0 Å². The molecule has 0 nitrogen and oxygen atoms in total. The summed E-state index contributed by atoms with van der Waals surface area (Å²) in [4.78, 5) is 0. The van der Waals surface area contributed by atoms with Gasteiger partial charge in [-0.05, 0) is 22.5 Å². The first-order chi connectivity index (χ1) is 9.91. The van der Waals surface area contributed by atoms with Crippen molar-refractivity contribution in [3.8, 4) is 0 Å². The highest BCUT2D eigenvalue weighted by Gasteiger charge is 2.10. The summed E-state index contributed by atoms with van der Waals surface area (Å²) in [5, 5.41) is 0. The molecule has 0 aliphatic rings. The lowest BCUT2D eigenvalue weighted by molar-refractivity contribution is 0.591. The van der Waals surface area contributed by atoms with E-state index < -0.39 is 0 Å². The van der Waals surface area contributed by atoms with Gasteiger partial charge in [-0.1, -0.05) is 107 Å². The van der Waals surface area contributed by atoms with Gasteiger partial charge in [0.1, 0.15) is 0 Å². The molecular formula is C21H28. The second-order valence-corrected chi connectivity index (χ2v) is 6.57. The standard InChI is InChI=1S/C21H28/c1-18(2)19-14-10-7-6-8-12-16-20(21(3,4)5)17-13-9-11-15-19/h6-18H,1-5H3. The highest BCUT2D eigenvalue weighted by atomic mass is 14.2. The van der Waals surface area contributed by atoms with E-state index in [0.717, 1.165) is 0 Å². The van der Waals surface area contributed by atoms with Crippen LogP contribution in [0.3, 0.4) is 0 Å². The zero-order valence-corrected chi connectivity index (χ0v) is 14.0. The zero-order chi connectivity index (χ0) is 15.7. The van der Waals surface area contributed by atoms with E-state index in [-0.39, 0.29) is 5.41 Å². The fourth-order valence-corrected chi connectivity index (χ4v) is 1.90. The van der Waals surface area contributed by atoms with Gasteiger partial charge in [0.2, 0.25) is 0 Å². The third-order valence-electron chi connectivity index (χ3n) is 3.33. The van der Waals surface area contributed by atoms with Crippen molar-refractivity contribution in [1.82, 2.24) is 0 Å². The molecular weight excluding hydrogens is 252 g/mol. The van der Waals surface area contributed by atoms with E-state index in [2.05, 4.69) is 107 Å². The largest absolute Gasteiger partial charge is 0.0623 e. The van der Waals surface area contributed by atoms with E-state index in [1.165, 1.54) is 11.1 Å². The van der Waals surface area contributed by atoms with Gasteiger partial charge in [-0.3, -0.25) is 0 Å². The average Bonchev–Trinajstić information content (AvgIpc) is 2.39. The van der Waals surface area contributed by atoms with Crippen molar-refractivity contribution < 1.29 is 0 Å². The summed E-state index contributed by atoms with van der Waals surface area (Å²) in [7, 11) is 0. The van der Waals surface area contributed by atoms with Gasteiger partial charge in [0.05, 0.1) is 0 Å². The zero-order valence-electron chi connectivity index (χ0n) is 14.0. The van der Waals surface area contributed by atoms with Gasteiger partial charge in [-0.2, -0.15) is 0 Å². The lowest BCUT2D eigenvalue weighted by atomic mass is 9.88. The Morgan fingerprint density at radius 2 is 1.00 bits per heavy atom. The normalized spacial score (nSPS) is 10.6. The predicted octanol–water partition coefficient (Wildman–Crippen LogP) is 6.36. The van der Waals surface area contributed by atoms with Gasteiger partial charge in [0, 0.05) is 0 Å². The van der Waals surface area contributed by atoms with Gasteiger partial charge in [-0.15, -0.1) is 0 Å². The summed E-state index contributed by atoms with van der Waals surface area (Å²) in [5.74, 6) is 0.525. The first-order valence-corrected chi connectivity index (χ1v) is 7.68. The summed E-state index contributed by atoms with van der Waals surface area (Å²) in [6.45, 7) is 11.1. The molecule has 1 aromatic carbocycles. The molecule has 0 aliphatic heterocycles. The van der Waals surface area contributed by atoms with Gasteiger partial charge < -0.3 is 0 Å². The smallest absolute Gasteiger partial charge is 0.0132 e. The van der Waals surface area contributed by atoms with Crippen LogP contribution >= 0.6 is 0 Å². The second kappa shape index (κ2) is 8.46. The van der Waals surface area contributed by atoms with Crippen LogP contribution in [0.15, 0.2) is 72.8 Å². The summed E-state index contributed by atoms with van der Waals surface area (Å²) < 4.78 is 0. The molecule has 1 rings (SSSR count). The van der Waals surface area contributed by atoms with Gasteiger partial charge in [0.25, 0.3) is 0 Å². The van der Waals surface area contributed by atoms with Crippen LogP contribution in [0.25, 0.3) is 0 Å². The van der Waals surface area contributed by atoms with Gasteiger partial charge in [-0.25, -0.2) is 0 Å². The minimum Gasteiger partial charge on any atom is -0.0623 e. The van der Waals surface area contributed by atoms with Crippen LogP contribution in [0.1, 0.15) is 51.7 Å². The summed E-state index contributed by atoms with van der Waals surface area (Å²) in [6.07, 6.45) is 0. The maximum Gasteiger partial charge on any atom is -0.0132 e. The molecule has 0 amide bonds. The maximum atomic E-state index is 2.24. The molecule has 0 spiro atoms. The van der Waals surface area contributed by atoms with Crippen molar-refractivity contribution in [1.29, 1.82) is 0 Å². The molecule has 0 bridgehead atoms. The second-order valence-electron chi connectivity index (χ2n) is 6.57. The summed E-state index contributed by atoms with van der Waals surface area (Å²) >= 11 is 0. The van der Waals surface area contributed by atoms with E-state index in [9.17, 15) is 0 Å². The monoisotopic (exact) mass is 280 g/mol. The van der Waals surface area contributed by atoms with E-state index in [4.69, 9.17) is 0 Å². The molecule has 0 heterocycles. The average molecular weight is 280 g/mol. The molecule has 0 unspecified atom stereocenters. The Bertz CT molecular complexity index is 545. The highest BCUT2D eigenvalue weighted by molar-refractivity contribution is 5.20. The van der Waals surface area contributed by atoms with Crippen LogP contribution in [0, 0.1) is 0 Å². The van der Waals surface area contributed by atoms with Crippen molar-refractivity contribution in [2.24, 2.45) is 0 Å². The quantitative estimate of drug-likeness (QED) is 0.561. The molecule has 0 fully saturated rings. The van der Waals surface area contributed by atoms with Crippen LogP contribution in [0.2, 0.25) is 0 Å². The topological polar surface area (TPSA) is 0 Å². The molecule has 0 atom stereocenters. The SMILES string of the molecule is CC(C)c1cccccccc(C(C)(C)C)ccccc1. The molecule has 0 heteroatoms. The maximum absolute atomic E-state index is 2.24. The van der Waals surface area contributed by atoms with Gasteiger partial charge >= 0.3 is 0 Å². The van der Waals surface area contributed by atoms with Gasteiger partial charge in [0.15, 0.2) is 0 Å². The fourth-order valence-electron chi connectivity index (χ4n) is 1.90. The molecule has 1 aromatic rings. The Labute approximate surface area is 130 Å². The van der Waals surface area contributed by atoms with Crippen LogP contribution in [0.4, 0.5) is 0 Å². The minimum absolute atomic E-state index is 0.147. The Morgan fingerprint density at radius 1 is 0.619 bits per heavy atom. The number of hydrogen-bond acceptors (Lipinski definition) is 0. The molecule has 0 radical (unpaired) electrons. The van der Waals surface area contributed by atoms with E-state index in [0.29, 0.717) is 5.92 Å². The Morgan fingerprint density at radius 3 is 1.43 bits per heavy atom. The van der Waals surface area contributed by atoms with Crippen molar-refractivity contribution in [3.63, 3.8) is 0 Å². The van der Waals surface area contributed by atoms with Crippen molar-refractivity contribution in [3.05, 3.63) is 83.9 Å². The molecule has 0 saturated carbocycles. The number of rotatable bonds is 1. The van der Waals surface area contributed by atoms with Crippen LogP contribution in [0.5, 0.6) is 0 Å². The molecule has 0 N–H and O–H groups in total. The third kappa shape index (κ3) is 6.94. The first-order valence-electron chi connectivity index (χ1n) is 7.68. The predicted molar refractivity (Wildman–Crippen MR) is 94.5 cm³/mol. The van der Waals surface area contributed by atoms with E-state index in [1.54, 1.807) is 0 Å². The molecule has 0 saturated heterocycles. The molecule has 112 valence electrons. The van der Waals surface area contributed by atoms with Crippen LogP contribution in [-0.4, -0.2) is 0 Å².